The van der Waals surface area contributed by atoms with E-state index < -0.39 is 34.7 Å². The predicted molar refractivity (Wildman–Crippen MR) is 164 cm³/mol. The van der Waals surface area contributed by atoms with Crippen molar-refractivity contribution in [2.45, 2.75) is 13.0 Å². The van der Waals surface area contributed by atoms with E-state index in [-0.39, 0.29) is 23.7 Å². The van der Waals surface area contributed by atoms with E-state index in [1.807, 2.05) is 0 Å². The van der Waals surface area contributed by atoms with E-state index >= 15 is 4.39 Å². The molecule has 0 saturated heterocycles. The minimum atomic E-state index is -1.13. The summed E-state index contributed by atoms with van der Waals surface area (Å²) in [6.45, 7) is 0.455. The number of fused-ring (bicyclic) bond motifs is 1. The lowest BCUT2D eigenvalue weighted by Gasteiger charge is -2.14. The Morgan fingerprint density at radius 3 is 2.30 bits per heavy atom. The molecule has 5 aromatic rings. The van der Waals surface area contributed by atoms with Crippen LogP contribution < -0.4 is 35.5 Å². The fraction of sp³-hybridized carbons (Fsp3) is 0.188. The number of nitrogens with one attached hydrogen (secondary N) is 1. The van der Waals surface area contributed by atoms with Crippen molar-refractivity contribution in [1.29, 1.82) is 0 Å². The first-order valence-corrected chi connectivity index (χ1v) is 13.8. The van der Waals surface area contributed by atoms with E-state index in [1.54, 1.807) is 18.2 Å². The second kappa shape index (κ2) is 13.9. The normalized spacial score (nSPS) is 10.9. The van der Waals surface area contributed by atoms with Crippen molar-refractivity contribution in [3.63, 3.8) is 0 Å². The van der Waals surface area contributed by atoms with Crippen LogP contribution >= 0.6 is 0 Å². The number of anilines is 1. The van der Waals surface area contributed by atoms with Gasteiger partial charge in [-0.3, -0.25) is 19.7 Å². The molecule has 0 fully saturated rings. The Balaban J connectivity index is 1.37. The number of ether oxygens (including phenoxy) is 5. The Morgan fingerprint density at radius 2 is 1.61 bits per heavy atom. The predicted octanol–water partition coefficient (Wildman–Crippen LogP) is 5.28. The summed E-state index contributed by atoms with van der Waals surface area (Å²) >= 11 is 0. The summed E-state index contributed by atoms with van der Waals surface area (Å²) in [6.07, 6.45) is 1.88. The molecule has 0 radical (unpaired) electrons. The SMILES string of the molecule is COCCCn1cc(OC(=O)Nc2ccc(Oc3ccnc4cc(OC)c(OC)cc34)c(F)c2)c(=O)n(-c2ccc(F)cc2)c1=O. The van der Waals surface area contributed by atoms with E-state index in [0.29, 0.717) is 41.2 Å². The number of rotatable bonds is 11. The van der Waals surface area contributed by atoms with Crippen LogP contribution in [-0.4, -0.2) is 48.1 Å². The van der Waals surface area contributed by atoms with Crippen LogP contribution in [0.25, 0.3) is 16.6 Å². The summed E-state index contributed by atoms with van der Waals surface area (Å²) < 4.78 is 57.4. The molecule has 238 valence electrons. The first-order valence-electron chi connectivity index (χ1n) is 13.8. The fourth-order valence-corrected chi connectivity index (χ4v) is 4.56. The molecular formula is C32H28F2N4O8. The molecule has 3 aromatic carbocycles. The van der Waals surface area contributed by atoms with Crippen molar-refractivity contribution in [3.05, 3.63) is 106 Å². The van der Waals surface area contributed by atoms with Gasteiger partial charge in [-0.2, -0.15) is 0 Å². The summed E-state index contributed by atoms with van der Waals surface area (Å²) in [5.74, 6) is -0.824. The molecule has 12 nitrogen and oxygen atoms in total. The molecule has 14 heteroatoms. The minimum Gasteiger partial charge on any atom is -0.493 e. The Kier molecular flexibility index (Phi) is 9.57. The van der Waals surface area contributed by atoms with Gasteiger partial charge in [0.25, 0.3) is 0 Å². The van der Waals surface area contributed by atoms with Crippen molar-refractivity contribution in [2.75, 3.05) is 33.3 Å². The van der Waals surface area contributed by atoms with Crippen LogP contribution in [0.15, 0.2) is 82.6 Å². The Hall–Kier alpha value is -5.76. The van der Waals surface area contributed by atoms with E-state index in [0.717, 1.165) is 29.0 Å². The highest BCUT2D eigenvalue weighted by Crippen LogP contribution is 2.37. The van der Waals surface area contributed by atoms with Gasteiger partial charge >= 0.3 is 17.3 Å². The maximum atomic E-state index is 15.1. The van der Waals surface area contributed by atoms with Gasteiger partial charge in [-0.1, -0.05) is 0 Å². The van der Waals surface area contributed by atoms with Gasteiger partial charge < -0.3 is 23.7 Å². The van der Waals surface area contributed by atoms with E-state index in [1.165, 1.54) is 56.4 Å². The summed E-state index contributed by atoms with van der Waals surface area (Å²) in [4.78, 5) is 43.4. The number of carbonyl (C=O) groups excluding carboxylic acids is 1. The number of pyridine rings is 1. The highest BCUT2D eigenvalue weighted by atomic mass is 19.1. The highest BCUT2D eigenvalue weighted by Gasteiger charge is 2.19. The van der Waals surface area contributed by atoms with Gasteiger partial charge in [0.15, 0.2) is 23.1 Å². The van der Waals surface area contributed by atoms with Gasteiger partial charge in [-0.05, 0) is 55.0 Å². The summed E-state index contributed by atoms with van der Waals surface area (Å²) in [7, 11) is 4.48. The molecule has 1 amide bonds. The second-order valence-corrected chi connectivity index (χ2v) is 9.73. The number of nitrogens with zero attached hydrogens (tertiary/aromatic N) is 3. The molecule has 0 spiro atoms. The summed E-state index contributed by atoms with van der Waals surface area (Å²) in [5, 5.41) is 2.90. The smallest absolute Gasteiger partial charge is 0.417 e. The number of amides is 1. The zero-order chi connectivity index (χ0) is 32.8. The van der Waals surface area contributed by atoms with Crippen LogP contribution in [0.1, 0.15) is 6.42 Å². The Bertz CT molecular complexity index is 2010. The molecule has 0 aliphatic heterocycles. The molecule has 0 unspecified atom stereocenters. The van der Waals surface area contributed by atoms with Crippen LogP contribution in [-0.2, 0) is 11.3 Å². The number of benzene rings is 3. The number of aromatic nitrogens is 3. The molecule has 1 N–H and O–H groups in total. The molecule has 5 rings (SSSR count). The van der Waals surface area contributed by atoms with Crippen molar-refractivity contribution in [3.8, 4) is 34.4 Å². The lowest BCUT2D eigenvalue weighted by molar-refractivity contribution is 0.189. The molecule has 0 aliphatic carbocycles. The maximum Gasteiger partial charge on any atom is 0.417 e. The Labute approximate surface area is 260 Å². The molecular weight excluding hydrogens is 606 g/mol. The minimum absolute atomic E-state index is 0.00637. The topological polar surface area (TPSA) is 132 Å². The molecule has 0 aliphatic rings. The van der Waals surface area contributed by atoms with Crippen LogP contribution in [0, 0.1) is 11.6 Å². The van der Waals surface area contributed by atoms with Gasteiger partial charge in [0.05, 0.1) is 31.6 Å². The number of hydrogen-bond acceptors (Lipinski definition) is 9. The number of aryl methyl sites for hydroxylation is 1. The number of halogens is 2. The number of methoxy groups -OCH3 is 3. The average Bonchev–Trinajstić information content (AvgIpc) is 3.04. The zero-order valence-electron chi connectivity index (χ0n) is 24.9. The number of hydrogen-bond donors (Lipinski definition) is 1. The highest BCUT2D eigenvalue weighted by molar-refractivity contribution is 5.88. The van der Waals surface area contributed by atoms with Crippen molar-refractivity contribution in [2.24, 2.45) is 0 Å². The van der Waals surface area contributed by atoms with Gasteiger partial charge in [-0.25, -0.2) is 22.9 Å². The van der Waals surface area contributed by atoms with E-state index in [4.69, 9.17) is 23.7 Å². The third-order valence-electron chi connectivity index (χ3n) is 6.76. The third kappa shape index (κ3) is 6.81. The monoisotopic (exact) mass is 634 g/mol. The number of carbonyl (C=O) groups is 1. The molecule has 46 heavy (non-hydrogen) atoms. The van der Waals surface area contributed by atoms with Crippen molar-refractivity contribution >= 4 is 22.7 Å². The van der Waals surface area contributed by atoms with Crippen molar-refractivity contribution in [1.82, 2.24) is 14.1 Å². The van der Waals surface area contributed by atoms with Crippen LogP contribution in [0.3, 0.4) is 0 Å². The van der Waals surface area contributed by atoms with Gasteiger partial charge in [0.2, 0.25) is 5.75 Å². The van der Waals surface area contributed by atoms with Gasteiger partial charge in [-0.15, -0.1) is 0 Å². The lowest BCUT2D eigenvalue weighted by atomic mass is 10.2. The largest absolute Gasteiger partial charge is 0.493 e. The van der Waals surface area contributed by atoms with E-state index in [9.17, 15) is 18.8 Å². The van der Waals surface area contributed by atoms with Crippen LogP contribution in [0.4, 0.5) is 19.3 Å². The first kappa shape index (κ1) is 31.7. The Morgan fingerprint density at radius 1 is 0.870 bits per heavy atom. The summed E-state index contributed by atoms with van der Waals surface area (Å²) in [5.41, 5.74) is -1.09. The molecule has 0 atom stereocenters. The fourth-order valence-electron chi connectivity index (χ4n) is 4.56. The standard InChI is InChI=1S/C32H28F2N4O8/c1-42-14-4-13-37-18-29(30(39)38(32(37)41)21-8-5-19(33)6-9-21)46-31(40)36-20-7-10-26(23(34)15-20)45-25-11-12-35-24-17-28(44-3)27(43-2)16-22(24)25/h5-12,15-18H,4,13-14H2,1-3H3,(H,36,40). The molecule has 0 bridgehead atoms. The maximum absolute atomic E-state index is 15.1. The van der Waals surface area contributed by atoms with Crippen LogP contribution in [0.5, 0.6) is 28.7 Å². The second-order valence-electron chi connectivity index (χ2n) is 9.73. The third-order valence-corrected chi connectivity index (χ3v) is 6.76. The molecule has 2 aromatic heterocycles. The average molecular weight is 635 g/mol. The quantitative estimate of drug-likeness (QED) is 0.193. The lowest BCUT2D eigenvalue weighted by Crippen LogP contribution is -2.40. The first-order chi connectivity index (χ1) is 22.2. The summed E-state index contributed by atoms with van der Waals surface area (Å²) in [6, 6.07) is 13.2. The van der Waals surface area contributed by atoms with Crippen molar-refractivity contribution < 1.29 is 37.3 Å². The van der Waals surface area contributed by atoms with Gasteiger partial charge in [0.1, 0.15) is 11.6 Å². The molecule has 0 saturated carbocycles. The molecule has 2 heterocycles. The van der Waals surface area contributed by atoms with Crippen LogP contribution in [0.2, 0.25) is 0 Å². The van der Waals surface area contributed by atoms with Gasteiger partial charge in [0, 0.05) is 49.7 Å². The zero-order valence-corrected chi connectivity index (χ0v) is 24.9. The van der Waals surface area contributed by atoms with E-state index in [2.05, 4.69) is 10.3 Å².